The molecule has 0 radical (unpaired) electrons. The predicted octanol–water partition coefficient (Wildman–Crippen LogP) is 7.04. The molecular weight excluding hydrogens is 366 g/mol. The number of furan rings is 1. The molecule has 0 atom stereocenters. The van der Waals surface area contributed by atoms with Crippen LogP contribution in [0.15, 0.2) is 47.0 Å². The van der Waals surface area contributed by atoms with E-state index < -0.39 is 0 Å². The number of benzene rings is 2. The minimum absolute atomic E-state index is 0.110. The van der Waals surface area contributed by atoms with E-state index in [0.29, 0.717) is 0 Å². The van der Waals surface area contributed by atoms with Gasteiger partial charge in [-0.05, 0) is 60.3 Å². The second-order valence-electron chi connectivity index (χ2n) is 10.5. The lowest BCUT2D eigenvalue weighted by molar-refractivity contribution is -0.660. The number of pyridine rings is 1. The van der Waals surface area contributed by atoms with E-state index in [1.807, 2.05) is 0 Å². The number of aromatic nitrogens is 1. The summed E-state index contributed by atoms with van der Waals surface area (Å²) in [4.78, 5) is 0. The number of hydrogen-bond donors (Lipinski definition) is 0. The van der Waals surface area contributed by atoms with Crippen LogP contribution >= 0.6 is 0 Å². The molecule has 2 aromatic heterocycles. The summed E-state index contributed by atoms with van der Waals surface area (Å²) in [5, 5.41) is 2.52. The molecule has 1 aliphatic rings. The summed E-state index contributed by atoms with van der Waals surface area (Å²) in [6, 6.07) is 13.4. The number of aryl methyl sites for hydroxylation is 3. The van der Waals surface area contributed by atoms with Gasteiger partial charge in [0.05, 0.1) is 5.56 Å². The van der Waals surface area contributed by atoms with Crippen molar-refractivity contribution in [3.8, 4) is 11.3 Å². The van der Waals surface area contributed by atoms with Crippen LogP contribution in [0.2, 0.25) is 0 Å². The van der Waals surface area contributed by atoms with E-state index in [-0.39, 0.29) is 10.8 Å². The molecule has 30 heavy (non-hydrogen) atoms. The maximum Gasteiger partial charge on any atom is 0.216 e. The number of rotatable bonds is 1. The molecule has 2 nitrogen and oxygen atoms in total. The Bertz CT molecular complexity index is 1320. The van der Waals surface area contributed by atoms with Crippen LogP contribution in [0.3, 0.4) is 0 Å². The highest BCUT2D eigenvalue weighted by atomic mass is 16.3. The van der Waals surface area contributed by atoms with Crippen molar-refractivity contribution in [2.45, 2.75) is 65.2 Å². The van der Waals surface area contributed by atoms with Gasteiger partial charge in [0.1, 0.15) is 18.2 Å². The molecule has 0 fully saturated rings. The standard InChI is InChI=1S/C28H32NO/c1-17-16-18(2)23(21-10-8-9-15-29(21)7)26-22(17)19-11-12-20-24(25(19)30-26)28(5,6)14-13-27(20,3)4/h8-12,15-16H,13-14H2,1-7H3/q+1. The third-order valence-electron chi connectivity index (χ3n) is 7.40. The monoisotopic (exact) mass is 398 g/mol. The first-order valence-electron chi connectivity index (χ1n) is 11.1. The molecule has 0 spiro atoms. The van der Waals surface area contributed by atoms with E-state index in [0.717, 1.165) is 11.2 Å². The summed E-state index contributed by atoms with van der Waals surface area (Å²) in [6.07, 6.45) is 4.50. The van der Waals surface area contributed by atoms with Gasteiger partial charge in [0, 0.05) is 28.5 Å². The van der Waals surface area contributed by atoms with Crippen molar-refractivity contribution in [3.63, 3.8) is 0 Å². The molecule has 2 aromatic carbocycles. The molecule has 0 unspecified atom stereocenters. The van der Waals surface area contributed by atoms with Gasteiger partial charge >= 0.3 is 0 Å². The quantitative estimate of drug-likeness (QED) is 0.314. The number of fused-ring (bicyclic) bond motifs is 5. The zero-order chi connectivity index (χ0) is 21.4. The van der Waals surface area contributed by atoms with E-state index in [2.05, 4.69) is 95.8 Å². The zero-order valence-electron chi connectivity index (χ0n) is 19.3. The Labute approximate surface area is 179 Å². The summed E-state index contributed by atoms with van der Waals surface area (Å²) in [5.41, 5.74) is 10.2. The molecule has 2 heterocycles. The van der Waals surface area contributed by atoms with Gasteiger partial charge in [-0.15, -0.1) is 0 Å². The minimum Gasteiger partial charge on any atom is -0.455 e. The van der Waals surface area contributed by atoms with Gasteiger partial charge in [0.15, 0.2) is 6.20 Å². The summed E-state index contributed by atoms with van der Waals surface area (Å²) < 4.78 is 9.06. The van der Waals surface area contributed by atoms with Gasteiger partial charge in [0.25, 0.3) is 0 Å². The fourth-order valence-corrected chi connectivity index (χ4v) is 5.60. The summed E-state index contributed by atoms with van der Waals surface area (Å²) in [6.45, 7) is 13.9. The van der Waals surface area contributed by atoms with Crippen molar-refractivity contribution >= 4 is 21.9 Å². The normalized spacial score (nSPS) is 17.4. The van der Waals surface area contributed by atoms with Crippen LogP contribution in [0, 0.1) is 13.8 Å². The highest BCUT2D eigenvalue weighted by Gasteiger charge is 2.39. The second-order valence-corrected chi connectivity index (χ2v) is 10.5. The Morgan fingerprint density at radius 3 is 2.33 bits per heavy atom. The fraction of sp³-hybridized carbons (Fsp3) is 0.393. The van der Waals surface area contributed by atoms with Crippen LogP contribution in [0.4, 0.5) is 0 Å². The van der Waals surface area contributed by atoms with Crippen LogP contribution in [-0.2, 0) is 17.9 Å². The van der Waals surface area contributed by atoms with E-state index >= 15 is 0 Å². The van der Waals surface area contributed by atoms with Crippen molar-refractivity contribution in [2.24, 2.45) is 7.05 Å². The third-order valence-corrected chi connectivity index (χ3v) is 7.40. The summed E-state index contributed by atoms with van der Waals surface area (Å²) in [7, 11) is 2.11. The first-order valence-corrected chi connectivity index (χ1v) is 11.1. The van der Waals surface area contributed by atoms with Gasteiger partial charge in [-0.3, -0.25) is 0 Å². The Morgan fingerprint density at radius 2 is 1.60 bits per heavy atom. The first-order chi connectivity index (χ1) is 14.1. The molecule has 0 saturated carbocycles. The average molecular weight is 399 g/mol. The summed E-state index contributed by atoms with van der Waals surface area (Å²) >= 11 is 0. The number of nitrogens with zero attached hydrogens (tertiary/aromatic N) is 1. The largest absolute Gasteiger partial charge is 0.455 e. The Morgan fingerprint density at radius 1 is 0.867 bits per heavy atom. The highest BCUT2D eigenvalue weighted by Crippen LogP contribution is 2.51. The van der Waals surface area contributed by atoms with Crippen molar-refractivity contribution in [1.82, 2.24) is 0 Å². The molecular formula is C28H32NO+. The lowest BCUT2D eigenvalue weighted by atomic mass is 9.63. The fourth-order valence-electron chi connectivity index (χ4n) is 5.60. The maximum absolute atomic E-state index is 6.87. The highest BCUT2D eigenvalue weighted by molar-refractivity contribution is 6.12. The average Bonchev–Trinajstić information content (AvgIpc) is 3.06. The lowest BCUT2D eigenvalue weighted by Crippen LogP contribution is -2.33. The molecule has 2 heteroatoms. The Kier molecular flexibility index (Phi) is 4.00. The van der Waals surface area contributed by atoms with Crippen molar-refractivity contribution in [3.05, 3.63) is 64.8 Å². The van der Waals surface area contributed by atoms with Gasteiger partial charge in [-0.2, -0.15) is 0 Å². The molecule has 0 amide bonds. The molecule has 0 bridgehead atoms. The van der Waals surface area contributed by atoms with E-state index in [4.69, 9.17) is 4.42 Å². The Balaban J connectivity index is 1.97. The number of hydrogen-bond acceptors (Lipinski definition) is 1. The topological polar surface area (TPSA) is 17.0 Å². The van der Waals surface area contributed by atoms with E-state index in [9.17, 15) is 0 Å². The van der Waals surface area contributed by atoms with Crippen LogP contribution < -0.4 is 4.57 Å². The van der Waals surface area contributed by atoms with Crippen LogP contribution in [0.1, 0.15) is 62.8 Å². The molecule has 0 saturated heterocycles. The minimum atomic E-state index is 0.110. The van der Waals surface area contributed by atoms with Crippen molar-refractivity contribution in [2.75, 3.05) is 0 Å². The van der Waals surface area contributed by atoms with Crippen LogP contribution in [0.5, 0.6) is 0 Å². The van der Waals surface area contributed by atoms with Gasteiger partial charge < -0.3 is 4.42 Å². The lowest BCUT2D eigenvalue weighted by Gasteiger charge is -2.41. The Hall–Kier alpha value is -2.61. The maximum atomic E-state index is 6.87. The van der Waals surface area contributed by atoms with Crippen molar-refractivity contribution in [1.29, 1.82) is 0 Å². The van der Waals surface area contributed by atoms with Crippen molar-refractivity contribution < 1.29 is 8.98 Å². The van der Waals surface area contributed by atoms with Gasteiger partial charge in [0.2, 0.25) is 5.69 Å². The van der Waals surface area contributed by atoms with Crippen LogP contribution in [0.25, 0.3) is 33.2 Å². The molecule has 1 aliphatic carbocycles. The predicted molar refractivity (Wildman–Crippen MR) is 125 cm³/mol. The van der Waals surface area contributed by atoms with Gasteiger partial charge in [-0.25, -0.2) is 4.57 Å². The molecule has 154 valence electrons. The molecule has 0 aliphatic heterocycles. The zero-order valence-corrected chi connectivity index (χ0v) is 19.3. The van der Waals surface area contributed by atoms with Crippen LogP contribution in [-0.4, -0.2) is 0 Å². The SMILES string of the molecule is Cc1cc(C)c2c(oc3c4c(ccc32)C(C)(C)CCC4(C)C)c1-c1cccc[n+]1C. The molecule has 5 rings (SSSR count). The van der Waals surface area contributed by atoms with E-state index in [1.54, 1.807) is 0 Å². The van der Waals surface area contributed by atoms with E-state index in [1.165, 1.54) is 57.1 Å². The first kappa shape index (κ1) is 19.4. The summed E-state index contributed by atoms with van der Waals surface area (Å²) in [5.74, 6) is 0. The second kappa shape index (κ2) is 6.20. The molecule has 0 N–H and O–H groups in total. The smallest absolute Gasteiger partial charge is 0.216 e. The molecule has 4 aromatic rings. The van der Waals surface area contributed by atoms with Gasteiger partial charge in [-0.1, -0.05) is 45.9 Å². The third kappa shape index (κ3) is 2.59.